The Labute approximate surface area is 270 Å². The number of ketones is 1. The van der Waals surface area contributed by atoms with Crippen LogP contribution in [0, 0.1) is 11.6 Å². The van der Waals surface area contributed by atoms with Gasteiger partial charge in [0.2, 0.25) is 5.78 Å². The van der Waals surface area contributed by atoms with Gasteiger partial charge in [0.25, 0.3) is 0 Å². The molecule has 3 N–H and O–H groups in total. The second kappa shape index (κ2) is 14.4. The molecule has 1 atom stereocenters. The van der Waals surface area contributed by atoms with Crippen LogP contribution in [0.1, 0.15) is 22.3 Å². The van der Waals surface area contributed by atoms with E-state index in [-0.39, 0.29) is 25.1 Å². The third kappa shape index (κ3) is 7.60. The molecule has 4 aromatic rings. The molecule has 0 amide bonds. The maximum absolute atomic E-state index is 15.5. The number of H-pyrrole nitrogens is 1. The summed E-state index contributed by atoms with van der Waals surface area (Å²) in [5, 5.41) is 3.65. The van der Waals surface area contributed by atoms with Crippen molar-refractivity contribution in [2.45, 2.75) is 12.6 Å². The highest BCUT2D eigenvalue weighted by atomic mass is 32.2. The first-order valence-corrected chi connectivity index (χ1v) is 16.8. The van der Waals surface area contributed by atoms with E-state index in [1.54, 1.807) is 24.4 Å². The van der Waals surface area contributed by atoms with Crippen molar-refractivity contribution < 1.29 is 35.9 Å². The van der Waals surface area contributed by atoms with Crippen LogP contribution in [0.3, 0.4) is 0 Å². The number of pyridine rings is 1. The number of nitrogens with zero attached hydrogens (tertiary/aromatic N) is 3. The van der Waals surface area contributed by atoms with Gasteiger partial charge in [0.1, 0.15) is 30.0 Å². The number of benzene rings is 2. The summed E-state index contributed by atoms with van der Waals surface area (Å²) in [5.74, 6) is -2.90. The molecule has 2 aliphatic heterocycles. The molecular formula is C32H35F3N6O5S. The molecule has 47 heavy (non-hydrogen) atoms. The van der Waals surface area contributed by atoms with Crippen molar-refractivity contribution in [3.63, 3.8) is 0 Å². The van der Waals surface area contributed by atoms with Crippen molar-refractivity contribution in [1.82, 2.24) is 24.5 Å². The quantitative estimate of drug-likeness (QED) is 0.145. The fourth-order valence-electron chi connectivity index (χ4n) is 5.63. The number of ether oxygens (including phenoxy) is 2. The summed E-state index contributed by atoms with van der Waals surface area (Å²) in [6.07, 6.45) is 1.58. The second-order valence-electron chi connectivity index (χ2n) is 11.4. The van der Waals surface area contributed by atoms with Crippen molar-refractivity contribution in [2.75, 3.05) is 70.4 Å². The number of halogens is 3. The number of hydrogen-bond donors (Lipinski definition) is 3. The number of anilines is 1. The molecule has 2 aromatic heterocycles. The van der Waals surface area contributed by atoms with Crippen LogP contribution in [0.4, 0.5) is 18.9 Å². The molecular weight excluding hydrogens is 637 g/mol. The lowest BCUT2D eigenvalue weighted by molar-refractivity contribution is 0.0767. The van der Waals surface area contributed by atoms with Gasteiger partial charge < -0.3 is 19.8 Å². The predicted octanol–water partition coefficient (Wildman–Crippen LogP) is 3.74. The molecule has 4 heterocycles. The van der Waals surface area contributed by atoms with Crippen molar-refractivity contribution >= 4 is 32.7 Å². The average Bonchev–Trinajstić information content (AvgIpc) is 3.71. The fourth-order valence-corrected chi connectivity index (χ4v) is 6.89. The first-order chi connectivity index (χ1) is 22.7. The van der Waals surface area contributed by atoms with Gasteiger partial charge in [0.15, 0.2) is 5.82 Å². The molecule has 0 aliphatic carbocycles. The van der Waals surface area contributed by atoms with Crippen LogP contribution in [0.5, 0.6) is 5.75 Å². The number of hydrogen-bond acceptors (Lipinski definition) is 8. The Kier molecular flexibility index (Phi) is 10.1. The van der Waals surface area contributed by atoms with Crippen LogP contribution in [0.15, 0.2) is 54.9 Å². The maximum Gasteiger partial charge on any atom is 0.301 e. The van der Waals surface area contributed by atoms with Crippen molar-refractivity contribution in [2.24, 2.45) is 0 Å². The van der Waals surface area contributed by atoms with E-state index in [1.165, 1.54) is 6.20 Å². The minimum absolute atomic E-state index is 0.0121. The number of alkyl halides is 1. The first-order valence-electron chi connectivity index (χ1n) is 15.4. The molecule has 250 valence electrons. The summed E-state index contributed by atoms with van der Waals surface area (Å²) >= 11 is 0. The zero-order valence-electron chi connectivity index (χ0n) is 25.5. The van der Waals surface area contributed by atoms with E-state index in [0.29, 0.717) is 42.2 Å². The van der Waals surface area contributed by atoms with Crippen LogP contribution < -0.4 is 14.8 Å². The van der Waals surface area contributed by atoms with Crippen molar-refractivity contribution in [1.29, 1.82) is 0 Å². The third-order valence-electron chi connectivity index (χ3n) is 8.21. The van der Waals surface area contributed by atoms with Gasteiger partial charge in [0.05, 0.1) is 24.5 Å². The van der Waals surface area contributed by atoms with E-state index in [9.17, 15) is 22.0 Å². The van der Waals surface area contributed by atoms with Crippen LogP contribution in [0.2, 0.25) is 0 Å². The standard InChI is InChI=1S/C32H35F3N6O5S/c33-23-7-10-41(20-23)47(43,44)39-28-6-5-27(34)29(30(28)35)31(42)26-19-38-32-25(26)17-22(18-37-32)21-1-3-24(4-2-21)46-16-15-45-14-13-40-11-8-36-9-12-40/h1-6,17-19,23,36,39H,7-16,20H2,(H,37,38)/t23-/m1/s1. The SMILES string of the molecule is O=C(c1c(F)ccc(NS(=O)(=O)N2CC[C@@H](F)C2)c1F)c1c[nH]c2ncc(-c3ccc(OCCOCCN4CCNCC4)cc3)cc12. The molecule has 0 radical (unpaired) electrons. The fraction of sp³-hybridized carbons (Fsp3) is 0.375. The smallest absolute Gasteiger partial charge is 0.301 e. The maximum atomic E-state index is 15.5. The number of carbonyl (C=O) groups is 1. The zero-order chi connectivity index (χ0) is 33.0. The average molecular weight is 673 g/mol. The third-order valence-corrected chi connectivity index (χ3v) is 9.70. The summed E-state index contributed by atoms with van der Waals surface area (Å²) in [4.78, 5) is 23.1. The van der Waals surface area contributed by atoms with Gasteiger partial charge in [0, 0.05) is 74.7 Å². The summed E-state index contributed by atoms with van der Waals surface area (Å²) in [6.45, 7) is 5.99. The molecule has 0 spiro atoms. The van der Waals surface area contributed by atoms with Gasteiger partial charge in [-0.15, -0.1) is 0 Å². The van der Waals surface area contributed by atoms with Crippen LogP contribution in [-0.4, -0.2) is 105 Å². The normalized spacial score (nSPS) is 17.7. The number of rotatable bonds is 13. The van der Waals surface area contributed by atoms with E-state index in [1.807, 2.05) is 16.9 Å². The number of aromatic amines is 1. The molecule has 6 rings (SSSR count). The lowest BCUT2D eigenvalue weighted by Gasteiger charge is -2.26. The molecule has 2 aliphatic rings. The van der Waals surface area contributed by atoms with Gasteiger partial charge in [-0.1, -0.05) is 12.1 Å². The van der Waals surface area contributed by atoms with E-state index in [0.717, 1.165) is 54.7 Å². The van der Waals surface area contributed by atoms with Gasteiger partial charge >= 0.3 is 10.2 Å². The number of nitrogens with one attached hydrogen (secondary N) is 3. The Morgan fingerprint density at radius 1 is 1.02 bits per heavy atom. The van der Waals surface area contributed by atoms with Gasteiger partial charge in [-0.05, 0) is 42.3 Å². The van der Waals surface area contributed by atoms with Gasteiger partial charge in [-0.25, -0.2) is 18.2 Å². The van der Waals surface area contributed by atoms with Crippen LogP contribution in [0.25, 0.3) is 22.2 Å². The second-order valence-corrected chi connectivity index (χ2v) is 13.0. The minimum Gasteiger partial charge on any atom is -0.491 e. The lowest BCUT2D eigenvalue weighted by atomic mass is 10.00. The monoisotopic (exact) mass is 672 g/mol. The van der Waals surface area contributed by atoms with Crippen molar-refractivity contribution in [3.8, 4) is 16.9 Å². The molecule has 2 fully saturated rings. The molecule has 15 heteroatoms. The Bertz CT molecular complexity index is 1830. The lowest BCUT2D eigenvalue weighted by Crippen LogP contribution is -2.44. The highest BCUT2D eigenvalue weighted by Gasteiger charge is 2.33. The van der Waals surface area contributed by atoms with Gasteiger partial charge in [-0.3, -0.25) is 14.4 Å². The van der Waals surface area contributed by atoms with Crippen LogP contribution >= 0.6 is 0 Å². The topological polar surface area (TPSA) is 129 Å². The predicted molar refractivity (Wildman–Crippen MR) is 171 cm³/mol. The van der Waals surface area contributed by atoms with Crippen molar-refractivity contribution in [3.05, 3.63) is 77.6 Å². The number of aromatic nitrogens is 2. The summed E-state index contributed by atoms with van der Waals surface area (Å²) < 4.78 is 83.8. The Hall–Kier alpha value is -4.02. The summed E-state index contributed by atoms with van der Waals surface area (Å²) in [6, 6.07) is 10.6. The van der Waals surface area contributed by atoms with E-state index in [2.05, 4.69) is 20.2 Å². The van der Waals surface area contributed by atoms with Crippen LogP contribution in [-0.2, 0) is 14.9 Å². The van der Waals surface area contributed by atoms with E-state index >= 15 is 4.39 Å². The number of piperazine rings is 1. The molecule has 2 saturated heterocycles. The Morgan fingerprint density at radius 2 is 1.81 bits per heavy atom. The van der Waals surface area contributed by atoms with E-state index < -0.39 is 45.0 Å². The molecule has 11 nitrogen and oxygen atoms in total. The minimum atomic E-state index is -4.33. The first kappa shape index (κ1) is 32.9. The van der Waals surface area contributed by atoms with Gasteiger partial charge in [-0.2, -0.15) is 12.7 Å². The number of fused-ring (bicyclic) bond motifs is 1. The molecule has 0 unspecified atom stereocenters. The summed E-state index contributed by atoms with van der Waals surface area (Å²) in [5.41, 5.74) is 0.124. The highest BCUT2D eigenvalue weighted by molar-refractivity contribution is 7.90. The largest absolute Gasteiger partial charge is 0.491 e. The molecule has 2 aromatic carbocycles. The Morgan fingerprint density at radius 3 is 2.55 bits per heavy atom. The molecule has 0 bridgehead atoms. The zero-order valence-corrected chi connectivity index (χ0v) is 26.3. The highest BCUT2D eigenvalue weighted by Crippen LogP contribution is 2.31. The molecule has 0 saturated carbocycles. The summed E-state index contributed by atoms with van der Waals surface area (Å²) in [7, 11) is -4.33. The van der Waals surface area contributed by atoms with E-state index in [4.69, 9.17) is 9.47 Å². The Balaban J connectivity index is 1.12. The number of carbonyl (C=O) groups excluding carboxylic acids is 1.